The van der Waals surface area contributed by atoms with Gasteiger partial charge < -0.3 is 0 Å². The maximum atomic E-state index is 12.4. The van der Waals surface area contributed by atoms with Gasteiger partial charge in [-0.1, -0.05) is 41.9 Å². The highest BCUT2D eigenvalue weighted by molar-refractivity contribution is 6.31. The lowest BCUT2D eigenvalue weighted by Crippen LogP contribution is -2.24. The number of nitrogens with zero attached hydrogens (tertiary/aromatic N) is 2. The summed E-state index contributed by atoms with van der Waals surface area (Å²) in [5, 5.41) is 1.49. The lowest BCUT2D eigenvalue weighted by atomic mass is 10.1. The van der Waals surface area contributed by atoms with Gasteiger partial charge in [-0.25, -0.2) is 4.79 Å². The Morgan fingerprint density at radius 3 is 2.59 bits per heavy atom. The third-order valence-electron chi connectivity index (χ3n) is 3.51. The highest BCUT2D eigenvalue weighted by Gasteiger charge is 2.12. The standard InChI is InChI=1S/C17H14Cl2N2O/c18-9-4-10-21-15-8-7-13(19)11-14(15)16(20-17(21)22)12-5-2-1-3-6-12/h1-3,5-8,11H,4,9-10H2. The van der Waals surface area contributed by atoms with Crippen molar-refractivity contribution < 1.29 is 0 Å². The molecule has 0 saturated carbocycles. The summed E-state index contributed by atoms with van der Waals surface area (Å²) < 4.78 is 1.65. The first-order chi connectivity index (χ1) is 10.7. The highest BCUT2D eigenvalue weighted by Crippen LogP contribution is 2.27. The Balaban J connectivity index is 2.31. The first-order valence-electron chi connectivity index (χ1n) is 7.02. The summed E-state index contributed by atoms with van der Waals surface area (Å²) in [6.07, 6.45) is 0.714. The number of alkyl halides is 1. The second kappa shape index (κ2) is 6.51. The second-order valence-electron chi connectivity index (χ2n) is 4.96. The summed E-state index contributed by atoms with van der Waals surface area (Å²) in [4.78, 5) is 16.7. The normalized spacial score (nSPS) is 11.0. The molecule has 0 aliphatic carbocycles. The number of hydrogen-bond acceptors (Lipinski definition) is 2. The maximum absolute atomic E-state index is 12.4. The molecule has 3 nitrogen and oxygen atoms in total. The van der Waals surface area contributed by atoms with E-state index in [0.29, 0.717) is 29.6 Å². The van der Waals surface area contributed by atoms with Crippen molar-refractivity contribution in [2.24, 2.45) is 0 Å². The lowest BCUT2D eigenvalue weighted by molar-refractivity contribution is 0.664. The van der Waals surface area contributed by atoms with Gasteiger partial charge in [-0.2, -0.15) is 4.98 Å². The monoisotopic (exact) mass is 332 g/mol. The van der Waals surface area contributed by atoms with Crippen LogP contribution in [0.4, 0.5) is 0 Å². The van der Waals surface area contributed by atoms with Crippen LogP contribution in [0, 0.1) is 0 Å². The Morgan fingerprint density at radius 1 is 1.09 bits per heavy atom. The van der Waals surface area contributed by atoms with E-state index in [1.165, 1.54) is 0 Å². The predicted octanol–water partition coefficient (Wildman–Crippen LogP) is 4.35. The van der Waals surface area contributed by atoms with Crippen molar-refractivity contribution in [1.29, 1.82) is 0 Å². The molecule has 2 aromatic carbocycles. The quantitative estimate of drug-likeness (QED) is 0.666. The topological polar surface area (TPSA) is 34.9 Å². The van der Waals surface area contributed by atoms with Crippen LogP contribution in [-0.2, 0) is 6.54 Å². The van der Waals surface area contributed by atoms with E-state index in [1.54, 1.807) is 10.6 Å². The molecule has 5 heteroatoms. The zero-order valence-electron chi connectivity index (χ0n) is 11.8. The van der Waals surface area contributed by atoms with Gasteiger partial charge in [0.15, 0.2) is 0 Å². The molecule has 3 aromatic rings. The van der Waals surface area contributed by atoms with Crippen LogP contribution in [0.15, 0.2) is 53.3 Å². The minimum atomic E-state index is -0.265. The van der Waals surface area contributed by atoms with Crippen LogP contribution in [0.3, 0.4) is 0 Å². The molecule has 112 valence electrons. The molecule has 1 aromatic heterocycles. The van der Waals surface area contributed by atoms with Crippen LogP contribution < -0.4 is 5.69 Å². The van der Waals surface area contributed by atoms with Gasteiger partial charge in [-0.15, -0.1) is 11.6 Å². The molecule has 0 aliphatic heterocycles. The molecular formula is C17H14Cl2N2O. The SMILES string of the molecule is O=c1nc(-c2ccccc2)c2cc(Cl)ccc2n1CCCCl. The van der Waals surface area contributed by atoms with Gasteiger partial charge in [0.2, 0.25) is 0 Å². The maximum Gasteiger partial charge on any atom is 0.348 e. The van der Waals surface area contributed by atoms with E-state index in [0.717, 1.165) is 16.5 Å². The Morgan fingerprint density at radius 2 is 1.86 bits per heavy atom. The number of benzene rings is 2. The molecule has 0 atom stereocenters. The van der Waals surface area contributed by atoms with Gasteiger partial charge in [0, 0.05) is 28.4 Å². The van der Waals surface area contributed by atoms with Crippen molar-refractivity contribution in [2.45, 2.75) is 13.0 Å². The molecule has 3 rings (SSSR count). The summed E-state index contributed by atoms with van der Waals surface area (Å²) in [5.74, 6) is 0.502. The fourth-order valence-electron chi connectivity index (χ4n) is 2.50. The number of aromatic nitrogens is 2. The minimum absolute atomic E-state index is 0.265. The Kier molecular flexibility index (Phi) is 4.46. The summed E-state index contributed by atoms with van der Waals surface area (Å²) in [7, 11) is 0. The van der Waals surface area contributed by atoms with E-state index in [9.17, 15) is 4.79 Å². The Labute approximate surface area is 138 Å². The Bertz CT molecular complexity index is 860. The molecule has 0 bridgehead atoms. The van der Waals surface area contributed by atoms with E-state index in [2.05, 4.69) is 4.98 Å². The molecule has 22 heavy (non-hydrogen) atoms. The van der Waals surface area contributed by atoms with E-state index < -0.39 is 0 Å². The van der Waals surface area contributed by atoms with Crippen LogP contribution >= 0.6 is 23.2 Å². The lowest BCUT2D eigenvalue weighted by Gasteiger charge is -2.12. The average molecular weight is 333 g/mol. The summed E-state index contributed by atoms with van der Waals surface area (Å²) in [5.41, 5.74) is 2.12. The van der Waals surface area contributed by atoms with Crippen LogP contribution in [-0.4, -0.2) is 15.4 Å². The predicted molar refractivity (Wildman–Crippen MR) is 91.8 cm³/mol. The van der Waals surface area contributed by atoms with Crippen LogP contribution in [0.25, 0.3) is 22.2 Å². The first kappa shape index (κ1) is 15.1. The van der Waals surface area contributed by atoms with E-state index >= 15 is 0 Å². The number of aryl methyl sites for hydroxylation is 1. The third kappa shape index (κ3) is 2.87. The number of halogens is 2. The Hall–Kier alpha value is -1.84. The van der Waals surface area contributed by atoms with Crippen molar-refractivity contribution in [1.82, 2.24) is 9.55 Å². The molecule has 1 heterocycles. The zero-order valence-corrected chi connectivity index (χ0v) is 13.3. The van der Waals surface area contributed by atoms with E-state index in [1.807, 2.05) is 42.5 Å². The van der Waals surface area contributed by atoms with Crippen LogP contribution in [0.2, 0.25) is 5.02 Å². The highest BCUT2D eigenvalue weighted by atomic mass is 35.5. The van der Waals surface area contributed by atoms with Crippen molar-refractivity contribution in [3.8, 4) is 11.3 Å². The second-order valence-corrected chi connectivity index (χ2v) is 5.78. The molecule has 0 saturated heterocycles. The van der Waals surface area contributed by atoms with E-state index in [-0.39, 0.29) is 5.69 Å². The van der Waals surface area contributed by atoms with Gasteiger partial charge in [-0.3, -0.25) is 4.57 Å². The fraction of sp³-hybridized carbons (Fsp3) is 0.176. The number of fused-ring (bicyclic) bond motifs is 1. The first-order valence-corrected chi connectivity index (χ1v) is 7.93. The number of rotatable bonds is 4. The summed E-state index contributed by atoms with van der Waals surface area (Å²) in [6, 6.07) is 15.1. The molecule has 0 spiro atoms. The fourth-order valence-corrected chi connectivity index (χ4v) is 2.79. The van der Waals surface area contributed by atoms with Gasteiger partial charge in [0.1, 0.15) is 0 Å². The van der Waals surface area contributed by atoms with Crippen LogP contribution in [0.5, 0.6) is 0 Å². The molecule has 0 aliphatic rings. The van der Waals surface area contributed by atoms with Crippen molar-refractivity contribution in [2.75, 3.05) is 5.88 Å². The third-order valence-corrected chi connectivity index (χ3v) is 4.01. The van der Waals surface area contributed by atoms with Gasteiger partial charge in [0.05, 0.1) is 11.2 Å². The smallest absolute Gasteiger partial charge is 0.292 e. The van der Waals surface area contributed by atoms with Crippen molar-refractivity contribution in [3.05, 3.63) is 64.0 Å². The summed E-state index contributed by atoms with van der Waals surface area (Å²) >= 11 is 11.9. The zero-order chi connectivity index (χ0) is 15.5. The molecule has 0 radical (unpaired) electrons. The molecular weight excluding hydrogens is 319 g/mol. The average Bonchev–Trinajstić information content (AvgIpc) is 2.54. The molecule has 0 fully saturated rings. The van der Waals surface area contributed by atoms with Crippen LogP contribution in [0.1, 0.15) is 6.42 Å². The van der Waals surface area contributed by atoms with Crippen molar-refractivity contribution in [3.63, 3.8) is 0 Å². The van der Waals surface area contributed by atoms with Gasteiger partial charge in [-0.05, 0) is 24.6 Å². The number of hydrogen-bond donors (Lipinski definition) is 0. The molecule has 0 N–H and O–H groups in total. The largest absolute Gasteiger partial charge is 0.348 e. The van der Waals surface area contributed by atoms with Crippen molar-refractivity contribution >= 4 is 34.1 Å². The molecule has 0 amide bonds. The molecule has 0 unspecified atom stereocenters. The van der Waals surface area contributed by atoms with Gasteiger partial charge >= 0.3 is 5.69 Å². The van der Waals surface area contributed by atoms with Gasteiger partial charge in [0.25, 0.3) is 0 Å². The minimum Gasteiger partial charge on any atom is -0.292 e. The summed E-state index contributed by atoms with van der Waals surface area (Å²) in [6.45, 7) is 0.544. The van der Waals surface area contributed by atoms with E-state index in [4.69, 9.17) is 23.2 Å².